The van der Waals surface area contributed by atoms with Crippen LogP contribution in [-0.4, -0.2) is 47.7 Å². The number of amides is 1. The number of carbonyl (C=O) groups excluding carboxylic acids is 1. The van der Waals surface area contributed by atoms with E-state index in [0.717, 1.165) is 10.2 Å². The maximum absolute atomic E-state index is 13.3. The van der Waals surface area contributed by atoms with Crippen LogP contribution in [0.15, 0.2) is 42.5 Å². The molecule has 0 bridgehead atoms. The molecule has 150 valence electrons. The highest BCUT2D eigenvalue weighted by atomic mass is 32.1. The fraction of sp³-hybridized carbons (Fsp3) is 0.333. The molecule has 3 aromatic rings. The molecule has 2 aliphatic rings. The van der Waals surface area contributed by atoms with Gasteiger partial charge >= 0.3 is 0 Å². The molecule has 1 atom stereocenters. The first-order valence-corrected chi connectivity index (χ1v) is 10.4. The van der Waals surface area contributed by atoms with Gasteiger partial charge in [0.1, 0.15) is 18.5 Å². The molecule has 1 amide bonds. The number of piperidine rings is 1. The van der Waals surface area contributed by atoms with Crippen molar-refractivity contribution in [2.24, 2.45) is 0 Å². The Bertz CT molecular complexity index is 1050. The largest absolute Gasteiger partial charge is 0.485 e. The van der Waals surface area contributed by atoms with E-state index in [9.17, 15) is 9.18 Å². The second-order valence-corrected chi connectivity index (χ2v) is 8.09. The minimum absolute atomic E-state index is 0.0197. The molecule has 6 nitrogen and oxygen atoms in total. The number of nitrogens with zero attached hydrogens (tertiary/aromatic N) is 2. The van der Waals surface area contributed by atoms with Crippen molar-refractivity contribution in [2.75, 3.05) is 19.7 Å². The smallest absolute Gasteiger partial charge is 0.274 e. The van der Waals surface area contributed by atoms with Gasteiger partial charge < -0.3 is 19.1 Å². The third kappa shape index (κ3) is 3.72. The van der Waals surface area contributed by atoms with Gasteiger partial charge in [-0.1, -0.05) is 23.5 Å². The summed E-state index contributed by atoms with van der Waals surface area (Å²) in [6.45, 7) is 1.39. The van der Waals surface area contributed by atoms with Gasteiger partial charge in [-0.3, -0.25) is 4.79 Å². The zero-order chi connectivity index (χ0) is 19.8. The molecule has 0 aliphatic carbocycles. The van der Waals surface area contributed by atoms with Crippen LogP contribution < -0.4 is 14.2 Å². The third-order valence-electron chi connectivity index (χ3n) is 5.14. The zero-order valence-electron chi connectivity index (χ0n) is 15.5. The molecule has 0 spiro atoms. The van der Waals surface area contributed by atoms with Crippen molar-refractivity contribution in [1.82, 2.24) is 9.88 Å². The highest BCUT2D eigenvalue weighted by Crippen LogP contribution is 2.32. The van der Waals surface area contributed by atoms with Crippen molar-refractivity contribution in [3.05, 3.63) is 48.3 Å². The number of aromatic nitrogens is 1. The number of fused-ring (bicyclic) bond motifs is 2. The number of hydrogen-bond acceptors (Lipinski definition) is 6. The maximum atomic E-state index is 13.3. The maximum Gasteiger partial charge on any atom is 0.274 e. The highest BCUT2D eigenvalue weighted by Gasteiger charge is 2.33. The third-order valence-corrected chi connectivity index (χ3v) is 6.05. The number of likely N-dealkylation sites (tertiary alicyclic amines) is 1. The quantitative estimate of drug-likeness (QED) is 0.655. The molecule has 1 fully saturated rings. The summed E-state index contributed by atoms with van der Waals surface area (Å²) < 4.78 is 31.6. The second-order valence-electron chi connectivity index (χ2n) is 7.10. The topological polar surface area (TPSA) is 60.9 Å². The lowest BCUT2D eigenvalue weighted by atomic mass is 10.1. The average molecular weight is 414 g/mol. The van der Waals surface area contributed by atoms with E-state index in [1.807, 2.05) is 18.2 Å². The molecule has 0 radical (unpaired) electrons. The summed E-state index contributed by atoms with van der Waals surface area (Å²) in [5.41, 5.74) is 0.730. The van der Waals surface area contributed by atoms with Crippen LogP contribution in [0.2, 0.25) is 0 Å². The Morgan fingerprint density at radius 1 is 1.17 bits per heavy atom. The molecule has 29 heavy (non-hydrogen) atoms. The lowest BCUT2D eigenvalue weighted by molar-refractivity contribution is -0.143. The van der Waals surface area contributed by atoms with E-state index in [1.165, 1.54) is 23.5 Å². The van der Waals surface area contributed by atoms with Crippen LogP contribution in [0.3, 0.4) is 0 Å². The number of thiazole rings is 1. The molecule has 1 aromatic heterocycles. The van der Waals surface area contributed by atoms with Gasteiger partial charge in [-0.05, 0) is 30.3 Å². The summed E-state index contributed by atoms with van der Waals surface area (Å²) >= 11 is 1.34. The molecule has 1 saturated heterocycles. The number of ether oxygens (including phenoxy) is 3. The first kappa shape index (κ1) is 18.2. The van der Waals surface area contributed by atoms with Gasteiger partial charge in [0.2, 0.25) is 6.10 Å². The lowest BCUT2D eigenvalue weighted by Gasteiger charge is -2.35. The molecule has 1 unspecified atom stereocenters. The van der Waals surface area contributed by atoms with Gasteiger partial charge in [-0.25, -0.2) is 9.37 Å². The van der Waals surface area contributed by atoms with Crippen molar-refractivity contribution in [2.45, 2.75) is 25.0 Å². The Kier molecular flexibility index (Phi) is 4.71. The number of carbonyl (C=O) groups is 1. The van der Waals surface area contributed by atoms with E-state index in [2.05, 4.69) is 4.98 Å². The number of rotatable bonds is 3. The van der Waals surface area contributed by atoms with E-state index in [-0.39, 0.29) is 24.4 Å². The Labute approximate surface area is 170 Å². The van der Waals surface area contributed by atoms with Gasteiger partial charge in [-0.15, -0.1) is 0 Å². The summed E-state index contributed by atoms with van der Waals surface area (Å²) in [5, 5.41) is 0.538. The average Bonchev–Trinajstić information content (AvgIpc) is 3.14. The number of hydrogen-bond donors (Lipinski definition) is 0. The van der Waals surface area contributed by atoms with E-state index < -0.39 is 6.10 Å². The molecule has 5 rings (SSSR count). The fourth-order valence-electron chi connectivity index (χ4n) is 3.61. The van der Waals surface area contributed by atoms with Crippen molar-refractivity contribution >= 4 is 27.5 Å². The van der Waals surface area contributed by atoms with E-state index >= 15 is 0 Å². The SMILES string of the molecule is O=C(C1COc2ccccc2O1)N1CCC(Oc2nc3ccc(F)cc3s2)CC1. The first-order chi connectivity index (χ1) is 14.2. The monoisotopic (exact) mass is 414 g/mol. The van der Waals surface area contributed by atoms with Gasteiger partial charge in [0.25, 0.3) is 11.1 Å². The van der Waals surface area contributed by atoms with Crippen molar-refractivity contribution in [1.29, 1.82) is 0 Å². The second kappa shape index (κ2) is 7.51. The molecule has 0 saturated carbocycles. The summed E-state index contributed by atoms with van der Waals surface area (Å²) in [6, 6.07) is 11.9. The Balaban J connectivity index is 1.17. The van der Waals surface area contributed by atoms with Crippen molar-refractivity contribution in [3.63, 3.8) is 0 Å². The summed E-state index contributed by atoms with van der Waals surface area (Å²) in [5.74, 6) is 0.923. The molecule has 0 N–H and O–H groups in total. The molecule has 2 aliphatic heterocycles. The van der Waals surface area contributed by atoms with Gasteiger partial charge in [0.05, 0.1) is 10.2 Å². The molecule has 2 aromatic carbocycles. The van der Waals surface area contributed by atoms with E-state index in [1.54, 1.807) is 17.0 Å². The minimum Gasteiger partial charge on any atom is -0.485 e. The minimum atomic E-state index is -0.624. The van der Waals surface area contributed by atoms with Crippen LogP contribution in [0.5, 0.6) is 16.7 Å². The number of halogens is 1. The van der Waals surface area contributed by atoms with Gasteiger partial charge in [0.15, 0.2) is 11.5 Å². The normalized spacial score (nSPS) is 19.3. The van der Waals surface area contributed by atoms with Crippen LogP contribution in [0.25, 0.3) is 10.2 Å². The van der Waals surface area contributed by atoms with Crippen LogP contribution >= 0.6 is 11.3 Å². The van der Waals surface area contributed by atoms with Crippen LogP contribution in [0.1, 0.15) is 12.8 Å². The summed E-state index contributed by atoms with van der Waals surface area (Å²) in [7, 11) is 0. The van der Waals surface area contributed by atoms with Crippen LogP contribution in [-0.2, 0) is 4.79 Å². The standard InChI is InChI=1S/C21H19FN2O4S/c22-13-5-6-15-19(11-13)29-21(23-15)27-14-7-9-24(10-8-14)20(25)18-12-26-16-3-1-2-4-17(16)28-18/h1-6,11,14,18H,7-10,12H2. The lowest BCUT2D eigenvalue weighted by Crippen LogP contribution is -2.50. The van der Waals surface area contributed by atoms with Crippen molar-refractivity contribution in [3.8, 4) is 16.7 Å². The molecule has 8 heteroatoms. The summed E-state index contributed by atoms with van der Waals surface area (Å²) in [4.78, 5) is 19.0. The molecular weight excluding hydrogens is 395 g/mol. The predicted molar refractivity (Wildman–Crippen MR) is 106 cm³/mol. The van der Waals surface area contributed by atoms with Crippen LogP contribution in [0.4, 0.5) is 4.39 Å². The Morgan fingerprint density at radius 3 is 2.79 bits per heavy atom. The van der Waals surface area contributed by atoms with E-state index in [4.69, 9.17) is 14.2 Å². The first-order valence-electron chi connectivity index (χ1n) is 9.56. The number of benzene rings is 2. The van der Waals surface area contributed by atoms with Gasteiger partial charge in [-0.2, -0.15) is 0 Å². The number of para-hydroxylation sites is 2. The Hall–Kier alpha value is -2.87. The van der Waals surface area contributed by atoms with Crippen molar-refractivity contribution < 1.29 is 23.4 Å². The van der Waals surface area contributed by atoms with E-state index in [0.29, 0.717) is 42.6 Å². The zero-order valence-corrected chi connectivity index (χ0v) is 16.4. The molecular formula is C21H19FN2O4S. The van der Waals surface area contributed by atoms with Crippen LogP contribution in [0, 0.1) is 5.82 Å². The molecule has 3 heterocycles. The Morgan fingerprint density at radius 2 is 1.97 bits per heavy atom. The fourth-order valence-corrected chi connectivity index (χ4v) is 4.52. The predicted octanol–water partition coefficient (Wildman–Crippen LogP) is 3.65. The summed E-state index contributed by atoms with van der Waals surface area (Å²) in [6.07, 6.45) is 0.774. The van der Waals surface area contributed by atoms with Gasteiger partial charge in [0, 0.05) is 25.9 Å². The highest BCUT2D eigenvalue weighted by molar-refractivity contribution is 7.20.